The zero-order valence-electron chi connectivity index (χ0n) is 17.0. The highest BCUT2D eigenvalue weighted by Crippen LogP contribution is 2.19. The van der Waals surface area contributed by atoms with Crippen molar-refractivity contribution in [2.24, 2.45) is 0 Å². The van der Waals surface area contributed by atoms with Crippen LogP contribution in [0.15, 0.2) is 54.6 Å². The molecule has 1 fully saturated rings. The van der Waals surface area contributed by atoms with Crippen LogP contribution in [0, 0.1) is 0 Å². The number of anilines is 1. The summed E-state index contributed by atoms with van der Waals surface area (Å²) in [6.07, 6.45) is 1.54. The van der Waals surface area contributed by atoms with E-state index in [2.05, 4.69) is 5.32 Å². The molecule has 3 rings (SSSR count). The molecule has 1 aliphatic heterocycles. The van der Waals surface area contributed by atoms with Gasteiger partial charge in [-0.3, -0.25) is 9.59 Å². The number of carbonyl (C=O) groups excluding carboxylic acids is 2. The van der Waals surface area contributed by atoms with Crippen molar-refractivity contribution in [1.29, 1.82) is 0 Å². The maximum Gasteiger partial charge on any atom is 0.254 e. The fourth-order valence-corrected chi connectivity index (χ4v) is 3.24. The van der Waals surface area contributed by atoms with E-state index in [0.29, 0.717) is 31.0 Å². The lowest BCUT2D eigenvalue weighted by molar-refractivity contribution is -0.111. The van der Waals surface area contributed by atoms with Crippen LogP contribution in [0.25, 0.3) is 5.57 Å². The molecule has 1 unspecified atom stereocenters. The summed E-state index contributed by atoms with van der Waals surface area (Å²) in [4.78, 5) is 27.0. The van der Waals surface area contributed by atoms with E-state index in [1.807, 2.05) is 38.1 Å². The zero-order chi connectivity index (χ0) is 20.8. The molecule has 0 saturated carbocycles. The second-order valence-electron chi connectivity index (χ2n) is 7.05. The summed E-state index contributed by atoms with van der Waals surface area (Å²) in [7, 11) is 1.61. The molecule has 2 amide bonds. The number of morpholine rings is 1. The van der Waals surface area contributed by atoms with E-state index >= 15 is 0 Å². The molecule has 152 valence electrons. The molecule has 2 aromatic carbocycles. The SMILES string of the molecule is COc1ccc(/C(C)=C/C(=O)Nc2cccc(C(=O)N3CCOCC3C)c2)cc1. The minimum Gasteiger partial charge on any atom is -0.497 e. The Balaban J connectivity index is 1.68. The topological polar surface area (TPSA) is 67.9 Å². The van der Waals surface area contributed by atoms with Gasteiger partial charge in [-0.2, -0.15) is 0 Å². The van der Waals surface area contributed by atoms with Gasteiger partial charge in [0.2, 0.25) is 5.91 Å². The Morgan fingerprint density at radius 1 is 1.17 bits per heavy atom. The first-order chi connectivity index (χ1) is 14.0. The predicted molar refractivity (Wildman–Crippen MR) is 113 cm³/mol. The third kappa shape index (κ3) is 5.23. The number of nitrogens with one attached hydrogen (secondary N) is 1. The molecular weight excluding hydrogens is 368 g/mol. The highest BCUT2D eigenvalue weighted by molar-refractivity contribution is 6.04. The van der Waals surface area contributed by atoms with Crippen LogP contribution in [0.2, 0.25) is 0 Å². The molecule has 1 N–H and O–H groups in total. The van der Waals surface area contributed by atoms with E-state index < -0.39 is 0 Å². The number of amides is 2. The van der Waals surface area contributed by atoms with Gasteiger partial charge < -0.3 is 19.7 Å². The standard InChI is InChI=1S/C23H26N2O4/c1-16(18-7-9-21(28-3)10-8-18)13-22(26)24-20-6-4-5-19(14-20)23(27)25-11-12-29-15-17(25)2/h4-10,13-14,17H,11-12,15H2,1-3H3,(H,24,26)/b16-13+. The number of carbonyl (C=O) groups is 2. The minimum atomic E-state index is -0.248. The number of methoxy groups -OCH3 is 1. The molecule has 1 aliphatic rings. The molecule has 0 radical (unpaired) electrons. The minimum absolute atomic E-state index is 0.0320. The Kier molecular flexibility index (Phi) is 6.67. The lowest BCUT2D eigenvalue weighted by Gasteiger charge is -2.33. The smallest absolute Gasteiger partial charge is 0.254 e. The van der Waals surface area contributed by atoms with Gasteiger partial charge >= 0.3 is 0 Å². The summed E-state index contributed by atoms with van der Waals surface area (Å²) >= 11 is 0. The average molecular weight is 394 g/mol. The Hall–Kier alpha value is -3.12. The molecule has 0 bridgehead atoms. The third-order valence-corrected chi connectivity index (χ3v) is 4.90. The third-order valence-electron chi connectivity index (χ3n) is 4.90. The molecule has 1 saturated heterocycles. The maximum absolute atomic E-state index is 12.8. The van der Waals surface area contributed by atoms with Crippen LogP contribution in [0.3, 0.4) is 0 Å². The first-order valence-electron chi connectivity index (χ1n) is 9.60. The van der Waals surface area contributed by atoms with Crippen molar-refractivity contribution >= 4 is 23.1 Å². The van der Waals surface area contributed by atoms with Gasteiger partial charge in [0.25, 0.3) is 5.91 Å². The summed E-state index contributed by atoms with van der Waals surface area (Å²) in [6, 6.07) is 14.6. The molecule has 0 aliphatic carbocycles. The molecule has 1 heterocycles. The molecule has 29 heavy (non-hydrogen) atoms. The van der Waals surface area contributed by atoms with Gasteiger partial charge in [-0.05, 0) is 55.3 Å². The van der Waals surface area contributed by atoms with Gasteiger partial charge in [-0.1, -0.05) is 18.2 Å². The average Bonchev–Trinajstić information content (AvgIpc) is 2.73. The number of hydrogen-bond acceptors (Lipinski definition) is 4. The second kappa shape index (κ2) is 9.39. The fourth-order valence-electron chi connectivity index (χ4n) is 3.24. The van der Waals surface area contributed by atoms with Crippen molar-refractivity contribution in [1.82, 2.24) is 4.90 Å². The molecule has 2 aromatic rings. The van der Waals surface area contributed by atoms with Crippen LogP contribution in [0.4, 0.5) is 5.69 Å². The summed E-state index contributed by atoms with van der Waals surface area (Å²) < 4.78 is 10.5. The lowest BCUT2D eigenvalue weighted by atomic mass is 10.1. The molecular formula is C23H26N2O4. The van der Waals surface area contributed by atoms with Gasteiger partial charge in [-0.25, -0.2) is 0 Å². The zero-order valence-corrected chi connectivity index (χ0v) is 17.0. The Labute approximate surface area is 171 Å². The number of benzene rings is 2. The largest absolute Gasteiger partial charge is 0.497 e. The Bertz CT molecular complexity index is 905. The van der Waals surface area contributed by atoms with Gasteiger partial charge in [0.05, 0.1) is 26.4 Å². The molecule has 6 nitrogen and oxygen atoms in total. The van der Waals surface area contributed by atoms with E-state index in [1.165, 1.54) is 0 Å². The number of ether oxygens (including phenoxy) is 2. The van der Waals surface area contributed by atoms with Crippen LogP contribution in [-0.2, 0) is 9.53 Å². The lowest BCUT2D eigenvalue weighted by Crippen LogP contribution is -2.47. The van der Waals surface area contributed by atoms with E-state index in [4.69, 9.17) is 9.47 Å². The number of allylic oxidation sites excluding steroid dienone is 1. The Morgan fingerprint density at radius 3 is 2.62 bits per heavy atom. The monoisotopic (exact) mass is 394 g/mol. The number of hydrogen-bond donors (Lipinski definition) is 1. The van der Waals surface area contributed by atoms with Crippen LogP contribution in [0.5, 0.6) is 5.75 Å². The summed E-state index contributed by atoms with van der Waals surface area (Å²) in [5, 5.41) is 2.84. The van der Waals surface area contributed by atoms with Gasteiger partial charge in [0.15, 0.2) is 0 Å². The molecule has 0 aromatic heterocycles. The van der Waals surface area contributed by atoms with Crippen LogP contribution in [-0.4, -0.2) is 49.6 Å². The summed E-state index contributed by atoms with van der Waals surface area (Å²) in [5.74, 6) is 0.464. The van der Waals surface area contributed by atoms with Crippen LogP contribution in [0.1, 0.15) is 29.8 Å². The highest BCUT2D eigenvalue weighted by Gasteiger charge is 2.24. The second-order valence-corrected chi connectivity index (χ2v) is 7.05. The first-order valence-corrected chi connectivity index (χ1v) is 9.60. The molecule has 1 atom stereocenters. The van der Waals surface area contributed by atoms with Crippen molar-refractivity contribution in [2.75, 3.05) is 32.2 Å². The van der Waals surface area contributed by atoms with Crippen molar-refractivity contribution < 1.29 is 19.1 Å². The number of rotatable bonds is 5. The van der Waals surface area contributed by atoms with E-state index in [0.717, 1.165) is 16.9 Å². The van der Waals surface area contributed by atoms with E-state index in [9.17, 15) is 9.59 Å². The maximum atomic E-state index is 12.8. The van der Waals surface area contributed by atoms with Crippen molar-refractivity contribution in [3.05, 3.63) is 65.7 Å². The van der Waals surface area contributed by atoms with E-state index in [1.54, 1.807) is 42.4 Å². The van der Waals surface area contributed by atoms with Gasteiger partial charge in [-0.15, -0.1) is 0 Å². The van der Waals surface area contributed by atoms with E-state index in [-0.39, 0.29) is 17.9 Å². The highest BCUT2D eigenvalue weighted by atomic mass is 16.5. The van der Waals surface area contributed by atoms with Crippen molar-refractivity contribution in [2.45, 2.75) is 19.9 Å². The quantitative estimate of drug-likeness (QED) is 0.787. The normalized spacial score (nSPS) is 17.0. The fraction of sp³-hybridized carbons (Fsp3) is 0.304. The first kappa shape index (κ1) is 20.6. The summed E-state index contributed by atoms with van der Waals surface area (Å²) in [6.45, 7) is 5.50. The predicted octanol–water partition coefficient (Wildman–Crippen LogP) is 3.60. The van der Waals surface area contributed by atoms with Gasteiger partial charge in [0.1, 0.15) is 5.75 Å². The van der Waals surface area contributed by atoms with Crippen LogP contribution >= 0.6 is 0 Å². The molecule has 0 spiro atoms. The summed E-state index contributed by atoms with van der Waals surface area (Å²) in [5.41, 5.74) is 2.90. The van der Waals surface area contributed by atoms with Crippen molar-refractivity contribution in [3.8, 4) is 5.75 Å². The van der Waals surface area contributed by atoms with Crippen LogP contribution < -0.4 is 10.1 Å². The molecule has 6 heteroatoms. The van der Waals surface area contributed by atoms with Gasteiger partial charge in [0, 0.05) is 23.9 Å². The Morgan fingerprint density at radius 2 is 1.93 bits per heavy atom. The van der Waals surface area contributed by atoms with Crippen molar-refractivity contribution in [3.63, 3.8) is 0 Å². The number of nitrogens with zero attached hydrogens (tertiary/aromatic N) is 1.